The highest BCUT2D eigenvalue weighted by Crippen LogP contribution is 2.15. The molecule has 2 aromatic heterocycles. The molecule has 1 N–H and O–H groups in total. The van der Waals surface area contributed by atoms with E-state index in [0.717, 1.165) is 11.3 Å². The van der Waals surface area contributed by atoms with Gasteiger partial charge in [0.2, 0.25) is 0 Å². The van der Waals surface area contributed by atoms with Gasteiger partial charge in [0.1, 0.15) is 11.5 Å². The molecule has 0 atom stereocenters. The maximum absolute atomic E-state index is 12.4. The predicted molar refractivity (Wildman–Crippen MR) is 88.7 cm³/mol. The van der Waals surface area contributed by atoms with Crippen LogP contribution in [0.2, 0.25) is 5.02 Å². The van der Waals surface area contributed by atoms with Crippen molar-refractivity contribution in [2.75, 3.05) is 5.32 Å². The second-order valence-electron chi connectivity index (χ2n) is 5.25. The molecule has 0 bridgehead atoms. The van der Waals surface area contributed by atoms with Gasteiger partial charge >= 0.3 is 0 Å². The molecule has 1 amide bonds. The molecule has 0 radical (unpaired) electrons. The van der Waals surface area contributed by atoms with E-state index < -0.39 is 0 Å². The van der Waals surface area contributed by atoms with Crippen LogP contribution >= 0.6 is 11.6 Å². The van der Waals surface area contributed by atoms with Crippen molar-refractivity contribution in [1.29, 1.82) is 0 Å². The Labute approximate surface area is 138 Å². The number of carbonyl (C=O) groups is 1. The lowest BCUT2D eigenvalue weighted by atomic mass is 10.2. The lowest BCUT2D eigenvalue weighted by molar-refractivity contribution is 0.101. The third-order valence-electron chi connectivity index (χ3n) is 3.41. The van der Waals surface area contributed by atoms with Crippen molar-refractivity contribution in [2.45, 2.75) is 13.5 Å². The van der Waals surface area contributed by atoms with Crippen molar-refractivity contribution >= 4 is 23.3 Å². The third kappa shape index (κ3) is 3.43. The highest BCUT2D eigenvalue weighted by Gasteiger charge is 2.14. The maximum atomic E-state index is 12.4. The molecule has 2 heterocycles. The fraction of sp³-hybridized carbons (Fsp3) is 0.188. The average Bonchev–Trinajstić information content (AvgIpc) is 3.05. The Hall–Kier alpha value is -2.60. The van der Waals surface area contributed by atoms with Crippen molar-refractivity contribution in [3.63, 3.8) is 0 Å². The number of hydrogen-bond donors (Lipinski definition) is 1. The number of aromatic nitrogens is 4. The number of benzene rings is 1. The molecule has 0 unspecified atom stereocenters. The van der Waals surface area contributed by atoms with Crippen LogP contribution in [0, 0.1) is 6.92 Å². The van der Waals surface area contributed by atoms with Crippen LogP contribution in [0.5, 0.6) is 0 Å². The standard InChI is InChI=1S/C16H16ClN5O/c1-11-8-14(21(2)20-11)16(23)19-15-6-7-18-22(15)10-12-4-3-5-13(17)9-12/h3-9H,10H2,1-2H3,(H,19,23). The monoisotopic (exact) mass is 329 g/mol. The molecule has 0 aliphatic heterocycles. The summed E-state index contributed by atoms with van der Waals surface area (Å²) in [7, 11) is 1.74. The van der Waals surface area contributed by atoms with E-state index in [1.165, 1.54) is 0 Å². The van der Waals surface area contributed by atoms with Gasteiger partial charge in [0, 0.05) is 18.1 Å². The number of nitrogens with one attached hydrogen (secondary N) is 1. The van der Waals surface area contributed by atoms with Crippen LogP contribution in [0.4, 0.5) is 5.82 Å². The summed E-state index contributed by atoms with van der Waals surface area (Å²) in [6.45, 7) is 2.37. The van der Waals surface area contributed by atoms with E-state index in [1.807, 2.05) is 31.2 Å². The summed E-state index contributed by atoms with van der Waals surface area (Å²) in [6, 6.07) is 11.0. The first-order valence-electron chi connectivity index (χ1n) is 7.11. The fourth-order valence-electron chi connectivity index (χ4n) is 2.38. The van der Waals surface area contributed by atoms with Crippen molar-refractivity contribution in [2.24, 2.45) is 7.05 Å². The second kappa shape index (κ2) is 6.26. The summed E-state index contributed by atoms with van der Waals surface area (Å²) in [6.07, 6.45) is 1.65. The molecular formula is C16H16ClN5O. The molecule has 0 saturated carbocycles. The van der Waals surface area contributed by atoms with Crippen LogP contribution < -0.4 is 5.32 Å². The van der Waals surface area contributed by atoms with Gasteiger partial charge in [-0.1, -0.05) is 23.7 Å². The second-order valence-corrected chi connectivity index (χ2v) is 5.69. The Kier molecular flexibility index (Phi) is 4.16. The zero-order chi connectivity index (χ0) is 16.4. The summed E-state index contributed by atoms with van der Waals surface area (Å²) >= 11 is 6.00. The van der Waals surface area contributed by atoms with Crippen molar-refractivity contribution in [3.8, 4) is 0 Å². The molecule has 0 aliphatic carbocycles. The number of halogens is 1. The van der Waals surface area contributed by atoms with E-state index >= 15 is 0 Å². The minimum atomic E-state index is -0.221. The molecular weight excluding hydrogens is 314 g/mol. The van der Waals surface area contributed by atoms with Crippen molar-refractivity contribution in [3.05, 3.63) is 64.6 Å². The first kappa shape index (κ1) is 15.3. The smallest absolute Gasteiger partial charge is 0.275 e. The third-order valence-corrected chi connectivity index (χ3v) is 3.65. The average molecular weight is 330 g/mol. The maximum Gasteiger partial charge on any atom is 0.275 e. The van der Waals surface area contributed by atoms with Gasteiger partial charge in [0.15, 0.2) is 0 Å². The summed E-state index contributed by atoms with van der Waals surface area (Å²) in [4.78, 5) is 12.4. The number of aryl methyl sites for hydroxylation is 2. The van der Waals surface area contributed by atoms with E-state index in [1.54, 1.807) is 34.7 Å². The van der Waals surface area contributed by atoms with Crippen LogP contribution in [-0.4, -0.2) is 25.5 Å². The van der Waals surface area contributed by atoms with E-state index in [4.69, 9.17) is 11.6 Å². The SMILES string of the molecule is Cc1cc(C(=O)Nc2ccnn2Cc2cccc(Cl)c2)n(C)n1. The minimum absolute atomic E-state index is 0.221. The Bertz CT molecular complexity index is 852. The normalized spacial score (nSPS) is 10.7. The van der Waals surface area contributed by atoms with Crippen LogP contribution in [0.25, 0.3) is 0 Å². The topological polar surface area (TPSA) is 64.7 Å². The number of hydrogen-bond acceptors (Lipinski definition) is 3. The summed E-state index contributed by atoms with van der Waals surface area (Å²) < 4.78 is 3.27. The highest BCUT2D eigenvalue weighted by molar-refractivity contribution is 6.30. The summed E-state index contributed by atoms with van der Waals surface area (Å²) in [5.41, 5.74) is 2.30. The minimum Gasteiger partial charge on any atom is -0.305 e. The molecule has 7 heteroatoms. The predicted octanol–water partition coefficient (Wildman–Crippen LogP) is 2.88. The van der Waals surface area contributed by atoms with Gasteiger partial charge in [-0.15, -0.1) is 0 Å². The summed E-state index contributed by atoms with van der Waals surface area (Å²) in [5.74, 6) is 0.398. The summed E-state index contributed by atoms with van der Waals surface area (Å²) in [5, 5.41) is 12.0. The molecule has 118 valence electrons. The van der Waals surface area contributed by atoms with Crippen LogP contribution in [0.1, 0.15) is 21.7 Å². The molecule has 0 spiro atoms. The van der Waals surface area contributed by atoms with Crippen LogP contribution in [0.15, 0.2) is 42.6 Å². The fourth-order valence-corrected chi connectivity index (χ4v) is 2.59. The zero-order valence-corrected chi connectivity index (χ0v) is 13.6. The molecule has 1 aromatic carbocycles. The van der Waals surface area contributed by atoms with Crippen molar-refractivity contribution in [1.82, 2.24) is 19.6 Å². The van der Waals surface area contributed by atoms with Gasteiger partial charge in [0.25, 0.3) is 5.91 Å². The van der Waals surface area contributed by atoms with E-state index in [-0.39, 0.29) is 5.91 Å². The van der Waals surface area contributed by atoms with Gasteiger partial charge in [-0.3, -0.25) is 9.48 Å². The Morgan fingerprint density at radius 3 is 2.83 bits per heavy atom. The van der Waals surface area contributed by atoms with Gasteiger partial charge in [-0.2, -0.15) is 10.2 Å². The number of nitrogens with zero attached hydrogens (tertiary/aromatic N) is 4. The molecule has 23 heavy (non-hydrogen) atoms. The van der Waals surface area contributed by atoms with Gasteiger partial charge in [-0.25, -0.2) is 4.68 Å². The number of rotatable bonds is 4. The largest absolute Gasteiger partial charge is 0.305 e. The zero-order valence-electron chi connectivity index (χ0n) is 12.8. The Morgan fingerprint density at radius 1 is 1.30 bits per heavy atom. The number of anilines is 1. The number of carbonyl (C=O) groups excluding carboxylic acids is 1. The van der Waals surface area contributed by atoms with Crippen LogP contribution in [-0.2, 0) is 13.6 Å². The van der Waals surface area contributed by atoms with Gasteiger partial charge in [-0.05, 0) is 30.7 Å². The molecule has 6 nitrogen and oxygen atoms in total. The van der Waals surface area contributed by atoms with Crippen LogP contribution in [0.3, 0.4) is 0 Å². The molecule has 0 aliphatic rings. The first-order chi connectivity index (χ1) is 11.0. The Morgan fingerprint density at radius 2 is 2.13 bits per heavy atom. The quantitative estimate of drug-likeness (QED) is 0.800. The molecule has 0 fully saturated rings. The van der Waals surface area contributed by atoms with Crippen molar-refractivity contribution < 1.29 is 4.79 Å². The van der Waals surface area contributed by atoms with Gasteiger partial charge in [0.05, 0.1) is 18.4 Å². The molecule has 3 aromatic rings. The van der Waals surface area contributed by atoms with E-state index in [2.05, 4.69) is 15.5 Å². The lowest BCUT2D eigenvalue weighted by Crippen LogP contribution is -2.19. The number of amides is 1. The molecule has 3 rings (SSSR count). The Balaban J connectivity index is 1.78. The lowest BCUT2D eigenvalue weighted by Gasteiger charge is -2.09. The molecule has 0 saturated heterocycles. The first-order valence-corrected chi connectivity index (χ1v) is 7.49. The highest BCUT2D eigenvalue weighted by atomic mass is 35.5. The van der Waals surface area contributed by atoms with Gasteiger partial charge < -0.3 is 5.32 Å². The van der Waals surface area contributed by atoms with E-state index in [0.29, 0.717) is 23.1 Å². The van der Waals surface area contributed by atoms with E-state index in [9.17, 15) is 4.79 Å².